The van der Waals surface area contributed by atoms with Crippen LogP contribution in [0.2, 0.25) is 0 Å². The van der Waals surface area contributed by atoms with Crippen molar-refractivity contribution in [3.63, 3.8) is 0 Å². The van der Waals surface area contributed by atoms with E-state index in [9.17, 15) is 9.90 Å². The van der Waals surface area contributed by atoms with Crippen molar-refractivity contribution >= 4 is 6.03 Å². The van der Waals surface area contributed by atoms with Gasteiger partial charge < -0.3 is 10.4 Å². The summed E-state index contributed by atoms with van der Waals surface area (Å²) < 4.78 is 0. The van der Waals surface area contributed by atoms with Crippen LogP contribution in [-0.2, 0) is 4.84 Å². The van der Waals surface area contributed by atoms with Crippen LogP contribution in [0.15, 0.2) is 0 Å². The maximum Gasteiger partial charge on any atom is 0.341 e. The highest BCUT2D eigenvalue weighted by Crippen LogP contribution is 2.18. The van der Waals surface area contributed by atoms with Gasteiger partial charge in [0, 0.05) is 6.04 Å². The summed E-state index contributed by atoms with van der Waals surface area (Å²) in [6.07, 6.45) is 5.22. The van der Waals surface area contributed by atoms with Crippen LogP contribution < -0.4 is 5.32 Å². The van der Waals surface area contributed by atoms with E-state index in [4.69, 9.17) is 4.84 Å². The number of rotatable bonds is 1. The number of carbonyl (C=O) groups excluding carboxylic acids is 1. The number of aliphatic hydroxyl groups excluding tert-OH is 1. The Morgan fingerprint density at radius 3 is 2.67 bits per heavy atom. The molecule has 1 aliphatic heterocycles. The molecular formula is C10H18N2O3. The van der Waals surface area contributed by atoms with Gasteiger partial charge in [0.05, 0.1) is 6.54 Å². The molecule has 0 aromatic rings. The molecule has 0 aromatic heterocycles. The molecule has 1 atom stereocenters. The first-order valence-electron chi connectivity index (χ1n) is 5.65. The molecule has 0 aromatic carbocycles. The van der Waals surface area contributed by atoms with E-state index in [-0.39, 0.29) is 25.2 Å². The van der Waals surface area contributed by atoms with Crippen molar-refractivity contribution < 1.29 is 14.7 Å². The zero-order valence-electron chi connectivity index (χ0n) is 8.82. The Kier molecular flexibility index (Phi) is 3.43. The molecule has 1 aliphatic carbocycles. The Balaban J connectivity index is 1.76. The number of urea groups is 1. The molecule has 5 heteroatoms. The first-order valence-corrected chi connectivity index (χ1v) is 5.65. The van der Waals surface area contributed by atoms with Crippen molar-refractivity contribution in [2.45, 2.75) is 44.2 Å². The quantitative estimate of drug-likeness (QED) is 0.673. The van der Waals surface area contributed by atoms with Crippen LogP contribution in [0, 0.1) is 0 Å². The van der Waals surface area contributed by atoms with E-state index in [2.05, 4.69) is 5.32 Å². The van der Waals surface area contributed by atoms with Crippen LogP contribution in [0.5, 0.6) is 0 Å². The minimum absolute atomic E-state index is 0.210. The van der Waals surface area contributed by atoms with Gasteiger partial charge in [-0.1, -0.05) is 19.3 Å². The lowest BCUT2D eigenvalue weighted by molar-refractivity contribution is -0.0688. The second-order valence-corrected chi connectivity index (χ2v) is 4.30. The summed E-state index contributed by atoms with van der Waals surface area (Å²) in [6, 6.07) is 0.0750. The molecule has 5 nitrogen and oxygen atoms in total. The summed E-state index contributed by atoms with van der Waals surface area (Å²) in [7, 11) is 0. The fourth-order valence-corrected chi connectivity index (χ4v) is 2.11. The van der Waals surface area contributed by atoms with Gasteiger partial charge in [-0.25, -0.2) is 9.86 Å². The first-order chi connectivity index (χ1) is 7.25. The van der Waals surface area contributed by atoms with E-state index in [1.807, 2.05) is 0 Å². The molecule has 86 valence electrons. The van der Waals surface area contributed by atoms with Crippen molar-refractivity contribution in [2.75, 3.05) is 13.2 Å². The normalized spacial score (nSPS) is 28.1. The van der Waals surface area contributed by atoms with Gasteiger partial charge in [0.1, 0.15) is 12.7 Å². The predicted molar refractivity (Wildman–Crippen MR) is 54.1 cm³/mol. The fourth-order valence-electron chi connectivity index (χ4n) is 2.11. The summed E-state index contributed by atoms with van der Waals surface area (Å²) in [4.78, 5) is 16.7. The summed E-state index contributed by atoms with van der Waals surface area (Å²) in [5.74, 6) is 0. The Bertz CT molecular complexity index is 229. The lowest BCUT2D eigenvalue weighted by Crippen LogP contribution is -2.44. The summed E-state index contributed by atoms with van der Waals surface area (Å²) in [5, 5.41) is 13.4. The van der Waals surface area contributed by atoms with Gasteiger partial charge in [0.25, 0.3) is 0 Å². The zero-order valence-corrected chi connectivity index (χ0v) is 8.82. The highest BCUT2D eigenvalue weighted by molar-refractivity contribution is 5.73. The fraction of sp³-hybridized carbons (Fsp3) is 0.900. The van der Waals surface area contributed by atoms with E-state index in [1.165, 1.54) is 24.3 Å². The van der Waals surface area contributed by atoms with Crippen molar-refractivity contribution in [1.29, 1.82) is 0 Å². The third kappa shape index (κ3) is 2.82. The summed E-state index contributed by atoms with van der Waals surface area (Å²) >= 11 is 0. The number of amides is 2. The number of nitrogens with one attached hydrogen (secondary N) is 1. The highest BCUT2D eigenvalue weighted by Gasteiger charge is 2.27. The maximum atomic E-state index is 11.6. The third-order valence-electron chi connectivity index (χ3n) is 2.96. The average molecular weight is 214 g/mol. The van der Waals surface area contributed by atoms with Gasteiger partial charge in [0.2, 0.25) is 0 Å². The molecule has 0 bridgehead atoms. The van der Waals surface area contributed by atoms with E-state index in [0.29, 0.717) is 0 Å². The molecule has 1 saturated heterocycles. The van der Waals surface area contributed by atoms with E-state index < -0.39 is 6.10 Å². The van der Waals surface area contributed by atoms with Gasteiger partial charge in [-0.3, -0.25) is 4.84 Å². The standard InChI is InChI=1S/C10H18N2O3/c13-9-6-12(15-7-9)10(14)11-8-4-2-1-3-5-8/h8-9,13H,1-7H2,(H,11,14). The lowest BCUT2D eigenvalue weighted by Gasteiger charge is -2.25. The number of β-amino-alcohol motifs (C(OH)–C–C–N with tert-alkyl or cyclic N) is 1. The molecule has 2 rings (SSSR count). The molecule has 1 saturated carbocycles. The maximum absolute atomic E-state index is 11.6. The van der Waals surface area contributed by atoms with E-state index in [0.717, 1.165) is 12.8 Å². The second kappa shape index (κ2) is 4.81. The molecule has 0 spiro atoms. The van der Waals surface area contributed by atoms with Crippen LogP contribution in [0.4, 0.5) is 4.79 Å². The molecule has 2 fully saturated rings. The second-order valence-electron chi connectivity index (χ2n) is 4.30. The van der Waals surface area contributed by atoms with Crippen molar-refractivity contribution in [3.8, 4) is 0 Å². The lowest BCUT2D eigenvalue weighted by atomic mass is 9.96. The first kappa shape index (κ1) is 10.7. The monoisotopic (exact) mass is 214 g/mol. The molecule has 2 aliphatic rings. The van der Waals surface area contributed by atoms with Crippen LogP contribution in [0.25, 0.3) is 0 Å². The Hall–Kier alpha value is -0.810. The molecule has 15 heavy (non-hydrogen) atoms. The van der Waals surface area contributed by atoms with Crippen LogP contribution in [-0.4, -0.2) is 41.5 Å². The van der Waals surface area contributed by atoms with Crippen LogP contribution in [0.3, 0.4) is 0 Å². The van der Waals surface area contributed by atoms with Gasteiger partial charge in [-0.2, -0.15) is 0 Å². The SMILES string of the molecule is O=C(NC1CCCCC1)N1CC(O)CO1. The number of carbonyl (C=O) groups is 1. The molecule has 2 amide bonds. The van der Waals surface area contributed by atoms with Crippen molar-refractivity contribution in [2.24, 2.45) is 0 Å². The number of aliphatic hydroxyl groups is 1. The zero-order chi connectivity index (χ0) is 10.7. The Labute approximate surface area is 89.3 Å². The molecule has 0 radical (unpaired) electrons. The highest BCUT2D eigenvalue weighted by atomic mass is 16.7. The smallest absolute Gasteiger partial charge is 0.341 e. The van der Waals surface area contributed by atoms with Crippen molar-refractivity contribution in [3.05, 3.63) is 0 Å². The molecule has 1 heterocycles. The number of hydroxylamine groups is 2. The molecule has 1 unspecified atom stereocenters. The van der Waals surface area contributed by atoms with Crippen LogP contribution in [0.1, 0.15) is 32.1 Å². The predicted octanol–water partition coefficient (Wildman–Crippen LogP) is 0.637. The number of hydrogen-bond acceptors (Lipinski definition) is 3. The van der Waals surface area contributed by atoms with Gasteiger partial charge in [-0.05, 0) is 12.8 Å². The van der Waals surface area contributed by atoms with Crippen molar-refractivity contribution in [1.82, 2.24) is 10.4 Å². The van der Waals surface area contributed by atoms with Crippen LogP contribution >= 0.6 is 0 Å². The minimum Gasteiger partial charge on any atom is -0.389 e. The van der Waals surface area contributed by atoms with Gasteiger partial charge in [-0.15, -0.1) is 0 Å². The largest absolute Gasteiger partial charge is 0.389 e. The van der Waals surface area contributed by atoms with Gasteiger partial charge in [0.15, 0.2) is 0 Å². The average Bonchev–Trinajstić information content (AvgIpc) is 2.66. The minimum atomic E-state index is -0.540. The topological polar surface area (TPSA) is 61.8 Å². The van der Waals surface area contributed by atoms with E-state index >= 15 is 0 Å². The molecular weight excluding hydrogens is 196 g/mol. The number of nitrogens with zero attached hydrogens (tertiary/aromatic N) is 1. The molecule has 2 N–H and O–H groups in total. The van der Waals surface area contributed by atoms with Gasteiger partial charge >= 0.3 is 6.03 Å². The Morgan fingerprint density at radius 1 is 1.33 bits per heavy atom. The third-order valence-corrected chi connectivity index (χ3v) is 2.96. The van der Waals surface area contributed by atoms with E-state index in [1.54, 1.807) is 0 Å². The number of hydrogen-bond donors (Lipinski definition) is 2. The Morgan fingerprint density at radius 2 is 2.07 bits per heavy atom. The summed E-state index contributed by atoms with van der Waals surface area (Å²) in [6.45, 7) is 0.497. The summed E-state index contributed by atoms with van der Waals surface area (Å²) in [5.41, 5.74) is 0.